The van der Waals surface area contributed by atoms with E-state index in [1.165, 1.54) is 0 Å². The van der Waals surface area contributed by atoms with Gasteiger partial charge in [-0.05, 0) is 43.0 Å². The Morgan fingerprint density at radius 1 is 1.11 bits per heavy atom. The molecular formula is C23H24N2O3. The van der Waals surface area contributed by atoms with Crippen LogP contribution >= 0.6 is 0 Å². The lowest BCUT2D eigenvalue weighted by atomic mass is 10.0. The Morgan fingerprint density at radius 3 is 2.57 bits per heavy atom. The number of rotatable bonds is 8. The maximum Gasteiger partial charge on any atom is 0.252 e. The van der Waals surface area contributed by atoms with Gasteiger partial charge in [-0.2, -0.15) is 0 Å². The summed E-state index contributed by atoms with van der Waals surface area (Å²) in [6.45, 7) is 1.79. The quantitative estimate of drug-likeness (QED) is 0.629. The second-order valence-corrected chi connectivity index (χ2v) is 6.70. The molecule has 1 aromatic heterocycles. The molecule has 3 N–H and O–H groups in total. The van der Waals surface area contributed by atoms with Crippen molar-refractivity contribution in [2.24, 2.45) is 5.73 Å². The number of aromatic nitrogens is 1. The van der Waals surface area contributed by atoms with Gasteiger partial charge in [-0.1, -0.05) is 48.5 Å². The molecule has 1 amide bonds. The smallest absolute Gasteiger partial charge is 0.252 e. The minimum Gasteiger partial charge on any atom is -0.487 e. The molecule has 5 heteroatoms. The van der Waals surface area contributed by atoms with Crippen LogP contribution in [0.25, 0.3) is 11.1 Å². The number of amides is 1. The van der Waals surface area contributed by atoms with E-state index in [0.717, 1.165) is 16.7 Å². The number of primary amides is 1. The minimum absolute atomic E-state index is 0.299. The van der Waals surface area contributed by atoms with Crippen molar-refractivity contribution in [1.29, 1.82) is 0 Å². The first-order chi connectivity index (χ1) is 13.6. The number of benzene rings is 2. The van der Waals surface area contributed by atoms with Crippen molar-refractivity contribution >= 4 is 5.91 Å². The third-order valence-electron chi connectivity index (χ3n) is 4.66. The summed E-state index contributed by atoms with van der Waals surface area (Å²) in [6.07, 6.45) is 3.49. The summed E-state index contributed by atoms with van der Waals surface area (Å²) in [4.78, 5) is 16.0. The van der Waals surface area contributed by atoms with Gasteiger partial charge in [-0.3, -0.25) is 9.78 Å². The zero-order valence-electron chi connectivity index (χ0n) is 15.8. The minimum atomic E-state index is -0.704. The zero-order valence-corrected chi connectivity index (χ0v) is 15.8. The molecule has 0 saturated heterocycles. The number of ether oxygens (including phenoxy) is 1. The molecule has 2 aromatic carbocycles. The van der Waals surface area contributed by atoms with Gasteiger partial charge in [0.1, 0.15) is 11.9 Å². The molecule has 3 aromatic rings. The van der Waals surface area contributed by atoms with Gasteiger partial charge in [-0.25, -0.2) is 0 Å². The third-order valence-corrected chi connectivity index (χ3v) is 4.66. The van der Waals surface area contributed by atoms with Crippen LogP contribution < -0.4 is 10.5 Å². The number of aliphatic hydroxyl groups is 1. The zero-order chi connectivity index (χ0) is 19.9. The molecule has 0 bridgehead atoms. The van der Waals surface area contributed by atoms with Gasteiger partial charge in [0.15, 0.2) is 0 Å². The average molecular weight is 376 g/mol. The number of nitrogens with two attached hydrogens (primary N) is 1. The monoisotopic (exact) mass is 376 g/mol. The molecular weight excluding hydrogens is 352 g/mol. The van der Waals surface area contributed by atoms with E-state index < -0.39 is 18.1 Å². The van der Waals surface area contributed by atoms with Gasteiger partial charge in [0.25, 0.3) is 5.91 Å². The first-order valence-corrected chi connectivity index (χ1v) is 9.28. The highest BCUT2D eigenvalue weighted by Gasteiger charge is 2.22. The Kier molecular flexibility index (Phi) is 6.40. The standard InChI is InChI=1S/C23H24N2O3/c1-16(21(26)13-12-17-7-6-14-25-15-17)28-22-19(18-8-3-2-4-9-18)10-5-11-20(22)23(24)27/h2-11,14-16,21,26H,12-13H2,1H3,(H2,24,27). The number of carbonyl (C=O) groups excluding carboxylic acids is 1. The van der Waals surface area contributed by atoms with Crippen LogP contribution in [-0.4, -0.2) is 28.2 Å². The molecule has 144 valence electrons. The molecule has 1 heterocycles. The van der Waals surface area contributed by atoms with E-state index in [9.17, 15) is 9.90 Å². The van der Waals surface area contributed by atoms with Crippen molar-refractivity contribution in [3.05, 3.63) is 84.2 Å². The maximum absolute atomic E-state index is 11.9. The Morgan fingerprint density at radius 2 is 1.89 bits per heavy atom. The van der Waals surface area contributed by atoms with Crippen LogP contribution in [-0.2, 0) is 6.42 Å². The van der Waals surface area contributed by atoms with Crippen LogP contribution in [0.3, 0.4) is 0 Å². The molecule has 2 unspecified atom stereocenters. The first kappa shape index (κ1) is 19.6. The van der Waals surface area contributed by atoms with Crippen LogP contribution in [0.5, 0.6) is 5.75 Å². The van der Waals surface area contributed by atoms with Crippen LogP contribution in [0.15, 0.2) is 73.1 Å². The molecule has 28 heavy (non-hydrogen) atoms. The van der Waals surface area contributed by atoms with Crippen LogP contribution in [0.1, 0.15) is 29.3 Å². The highest BCUT2D eigenvalue weighted by atomic mass is 16.5. The molecule has 3 rings (SSSR count). The molecule has 0 aliphatic carbocycles. The number of para-hydroxylation sites is 1. The Balaban J connectivity index is 1.81. The van der Waals surface area contributed by atoms with Crippen molar-refractivity contribution in [1.82, 2.24) is 4.98 Å². The number of aliphatic hydroxyl groups excluding tert-OH is 1. The Hall–Kier alpha value is -3.18. The number of nitrogens with zero attached hydrogens (tertiary/aromatic N) is 1. The number of hydrogen-bond donors (Lipinski definition) is 2. The molecule has 0 saturated carbocycles. The second-order valence-electron chi connectivity index (χ2n) is 6.70. The lowest BCUT2D eigenvalue weighted by Gasteiger charge is -2.23. The summed E-state index contributed by atoms with van der Waals surface area (Å²) in [5, 5.41) is 10.6. The van der Waals surface area contributed by atoms with Gasteiger partial charge >= 0.3 is 0 Å². The number of aryl methyl sites for hydroxylation is 1. The predicted octanol–water partition coefficient (Wildman–Crippen LogP) is 3.61. The van der Waals surface area contributed by atoms with Crippen molar-refractivity contribution < 1.29 is 14.6 Å². The number of hydrogen-bond acceptors (Lipinski definition) is 4. The van der Waals surface area contributed by atoms with Crippen molar-refractivity contribution in [3.63, 3.8) is 0 Å². The highest BCUT2D eigenvalue weighted by molar-refractivity contribution is 5.98. The normalized spacial score (nSPS) is 12.9. The third kappa shape index (κ3) is 4.75. The van der Waals surface area contributed by atoms with E-state index in [4.69, 9.17) is 10.5 Å². The number of carbonyl (C=O) groups is 1. The first-order valence-electron chi connectivity index (χ1n) is 9.28. The summed E-state index contributed by atoms with van der Waals surface area (Å²) >= 11 is 0. The topological polar surface area (TPSA) is 85.4 Å². The molecule has 0 aliphatic heterocycles. The summed E-state index contributed by atoms with van der Waals surface area (Å²) in [5.74, 6) is -0.168. The Bertz CT molecular complexity index is 914. The molecule has 0 spiro atoms. The van der Waals surface area contributed by atoms with Crippen LogP contribution in [0.2, 0.25) is 0 Å². The van der Waals surface area contributed by atoms with Gasteiger partial charge in [-0.15, -0.1) is 0 Å². The van der Waals surface area contributed by atoms with Crippen molar-refractivity contribution in [2.45, 2.75) is 32.0 Å². The lowest BCUT2D eigenvalue weighted by molar-refractivity contribution is 0.0417. The van der Waals surface area contributed by atoms with E-state index in [1.54, 1.807) is 31.5 Å². The van der Waals surface area contributed by atoms with E-state index >= 15 is 0 Å². The average Bonchev–Trinajstić information content (AvgIpc) is 2.73. The van der Waals surface area contributed by atoms with E-state index in [-0.39, 0.29) is 0 Å². The molecule has 2 atom stereocenters. The maximum atomic E-state index is 11.9. The van der Waals surface area contributed by atoms with Gasteiger partial charge in [0.05, 0.1) is 11.7 Å². The van der Waals surface area contributed by atoms with Crippen LogP contribution in [0, 0.1) is 0 Å². The predicted molar refractivity (Wildman–Crippen MR) is 109 cm³/mol. The molecule has 0 aliphatic rings. The highest BCUT2D eigenvalue weighted by Crippen LogP contribution is 2.34. The molecule has 5 nitrogen and oxygen atoms in total. The van der Waals surface area contributed by atoms with Gasteiger partial charge in [0.2, 0.25) is 0 Å². The SMILES string of the molecule is CC(Oc1c(C(N)=O)cccc1-c1ccccc1)C(O)CCc1cccnc1. The van der Waals surface area contributed by atoms with E-state index in [0.29, 0.717) is 24.2 Å². The summed E-state index contributed by atoms with van der Waals surface area (Å²) in [5.41, 5.74) is 8.59. The van der Waals surface area contributed by atoms with Crippen LogP contribution in [0.4, 0.5) is 0 Å². The second kappa shape index (κ2) is 9.15. The molecule has 0 radical (unpaired) electrons. The fourth-order valence-electron chi connectivity index (χ4n) is 3.06. The molecule has 0 fully saturated rings. The van der Waals surface area contributed by atoms with E-state index in [1.807, 2.05) is 48.5 Å². The summed E-state index contributed by atoms with van der Waals surface area (Å²) in [6, 6.07) is 18.8. The van der Waals surface area contributed by atoms with E-state index in [2.05, 4.69) is 4.98 Å². The summed E-state index contributed by atoms with van der Waals surface area (Å²) in [7, 11) is 0. The summed E-state index contributed by atoms with van der Waals surface area (Å²) < 4.78 is 6.08. The van der Waals surface area contributed by atoms with Gasteiger partial charge in [0, 0.05) is 18.0 Å². The lowest BCUT2D eigenvalue weighted by Crippen LogP contribution is -2.30. The van der Waals surface area contributed by atoms with Crippen molar-refractivity contribution in [2.75, 3.05) is 0 Å². The number of pyridine rings is 1. The van der Waals surface area contributed by atoms with Gasteiger partial charge < -0.3 is 15.6 Å². The fraction of sp³-hybridized carbons (Fsp3) is 0.217. The largest absolute Gasteiger partial charge is 0.487 e. The Labute approximate surface area is 164 Å². The van der Waals surface area contributed by atoms with Crippen molar-refractivity contribution in [3.8, 4) is 16.9 Å². The fourth-order valence-corrected chi connectivity index (χ4v) is 3.06.